The fraction of sp³-hybridized carbons (Fsp3) is 0.800. The molecule has 0 bridgehead atoms. The average molecular weight is 359 g/mol. The second-order valence-corrected chi connectivity index (χ2v) is 7.02. The number of nitrogens with zero attached hydrogens (tertiary/aromatic N) is 3. The summed E-state index contributed by atoms with van der Waals surface area (Å²) in [6.45, 7) is 8.43. The number of hydrogen-bond donors (Lipinski definition) is 1. The van der Waals surface area contributed by atoms with Crippen molar-refractivity contribution in [1.82, 2.24) is 20.0 Å². The third kappa shape index (κ3) is 3.50. The van der Waals surface area contributed by atoms with Crippen LogP contribution < -0.4 is 5.32 Å². The lowest BCUT2D eigenvalue weighted by Crippen LogP contribution is -2.51. The number of halogens is 1. The summed E-state index contributed by atoms with van der Waals surface area (Å²) in [5.74, 6) is 0. The van der Waals surface area contributed by atoms with E-state index < -0.39 is 0 Å². The van der Waals surface area contributed by atoms with Crippen molar-refractivity contribution in [2.75, 3.05) is 33.9 Å². The van der Waals surface area contributed by atoms with Crippen LogP contribution in [-0.2, 0) is 11.3 Å². The van der Waals surface area contributed by atoms with E-state index in [0.717, 1.165) is 11.0 Å². The molecule has 21 heavy (non-hydrogen) atoms. The van der Waals surface area contributed by atoms with Crippen LogP contribution in [0.3, 0.4) is 0 Å². The molecule has 2 heterocycles. The van der Waals surface area contributed by atoms with Gasteiger partial charge in [-0.1, -0.05) is 0 Å². The predicted molar refractivity (Wildman–Crippen MR) is 88.5 cm³/mol. The second kappa shape index (κ2) is 7.22. The number of nitrogens with one attached hydrogen (secondary N) is 1. The number of ether oxygens (including phenoxy) is 1. The van der Waals surface area contributed by atoms with Gasteiger partial charge in [0.1, 0.15) is 0 Å². The summed E-state index contributed by atoms with van der Waals surface area (Å²) in [5.41, 5.74) is 1.24. The third-order valence-electron chi connectivity index (χ3n) is 4.53. The van der Waals surface area contributed by atoms with Crippen LogP contribution in [0.15, 0.2) is 10.7 Å². The van der Waals surface area contributed by atoms with Crippen molar-refractivity contribution in [2.24, 2.45) is 0 Å². The molecule has 1 saturated heterocycles. The minimum atomic E-state index is 0.0403. The number of aromatic nitrogens is 2. The normalized spacial score (nSPS) is 18.3. The van der Waals surface area contributed by atoms with Crippen molar-refractivity contribution < 1.29 is 4.74 Å². The van der Waals surface area contributed by atoms with E-state index in [2.05, 4.69) is 45.1 Å². The van der Waals surface area contributed by atoms with Crippen molar-refractivity contribution in [3.63, 3.8) is 0 Å². The highest BCUT2D eigenvalue weighted by molar-refractivity contribution is 9.10. The van der Waals surface area contributed by atoms with Crippen LogP contribution in [0, 0.1) is 0 Å². The lowest BCUT2D eigenvalue weighted by molar-refractivity contribution is 0.104. The largest absolute Gasteiger partial charge is 0.383 e. The van der Waals surface area contributed by atoms with E-state index in [1.165, 1.54) is 31.6 Å². The fourth-order valence-corrected chi connectivity index (χ4v) is 3.84. The maximum absolute atomic E-state index is 5.20. The first-order valence-electron chi connectivity index (χ1n) is 7.64. The Hall–Kier alpha value is -0.430. The maximum Gasteiger partial charge on any atom is 0.0715 e. The number of rotatable bonds is 7. The number of methoxy groups -OCH3 is 1. The average Bonchev–Trinajstić information content (AvgIpc) is 3.09. The molecule has 1 aromatic heterocycles. The van der Waals surface area contributed by atoms with E-state index in [4.69, 9.17) is 4.74 Å². The molecule has 1 aromatic rings. The van der Waals surface area contributed by atoms with Gasteiger partial charge in [-0.15, -0.1) is 0 Å². The van der Waals surface area contributed by atoms with Gasteiger partial charge in [0.25, 0.3) is 0 Å². The maximum atomic E-state index is 5.20. The van der Waals surface area contributed by atoms with Crippen molar-refractivity contribution in [1.29, 1.82) is 0 Å². The molecular weight excluding hydrogens is 332 g/mol. The van der Waals surface area contributed by atoms with Gasteiger partial charge in [-0.3, -0.25) is 9.58 Å². The zero-order valence-electron chi connectivity index (χ0n) is 13.5. The topological polar surface area (TPSA) is 42.3 Å². The summed E-state index contributed by atoms with van der Waals surface area (Å²) >= 11 is 3.67. The highest BCUT2D eigenvalue weighted by Crippen LogP contribution is 2.36. The molecule has 1 unspecified atom stereocenters. The third-order valence-corrected chi connectivity index (χ3v) is 5.14. The molecule has 0 radical (unpaired) electrons. The highest BCUT2D eigenvalue weighted by Gasteiger charge is 2.39. The van der Waals surface area contributed by atoms with Gasteiger partial charge in [-0.05, 0) is 62.8 Å². The van der Waals surface area contributed by atoms with Gasteiger partial charge in [-0.25, -0.2) is 0 Å². The molecule has 1 aliphatic rings. The SMILES string of the molecule is CNC(c1c(Br)cnn1CCOC)C(C)(C)N1CCCC1. The Kier molecular flexibility index (Phi) is 5.82. The van der Waals surface area contributed by atoms with Crippen molar-refractivity contribution in [3.8, 4) is 0 Å². The molecule has 0 aliphatic carbocycles. The van der Waals surface area contributed by atoms with Gasteiger partial charge >= 0.3 is 0 Å². The minimum Gasteiger partial charge on any atom is -0.383 e. The predicted octanol–water partition coefficient (Wildman–Crippen LogP) is 2.43. The Morgan fingerprint density at radius 2 is 2.10 bits per heavy atom. The van der Waals surface area contributed by atoms with E-state index in [0.29, 0.717) is 6.61 Å². The molecule has 5 nitrogen and oxygen atoms in total. The molecule has 1 fully saturated rings. The Balaban J connectivity index is 2.29. The molecule has 1 aliphatic heterocycles. The van der Waals surface area contributed by atoms with E-state index in [1.54, 1.807) is 7.11 Å². The van der Waals surface area contributed by atoms with Gasteiger partial charge in [0, 0.05) is 12.6 Å². The van der Waals surface area contributed by atoms with Gasteiger partial charge in [0.15, 0.2) is 0 Å². The van der Waals surface area contributed by atoms with Crippen LogP contribution in [0.4, 0.5) is 0 Å². The minimum absolute atomic E-state index is 0.0403. The fourth-order valence-electron chi connectivity index (χ4n) is 3.32. The van der Waals surface area contributed by atoms with Gasteiger partial charge in [0.05, 0.1) is 35.6 Å². The summed E-state index contributed by atoms with van der Waals surface area (Å²) < 4.78 is 8.31. The van der Waals surface area contributed by atoms with Crippen LogP contribution >= 0.6 is 15.9 Å². The summed E-state index contributed by atoms with van der Waals surface area (Å²) in [4.78, 5) is 2.58. The van der Waals surface area contributed by atoms with E-state index in [-0.39, 0.29) is 11.6 Å². The zero-order valence-corrected chi connectivity index (χ0v) is 15.1. The quantitative estimate of drug-likeness (QED) is 0.812. The summed E-state index contributed by atoms with van der Waals surface area (Å²) in [7, 11) is 3.75. The Morgan fingerprint density at radius 3 is 2.67 bits per heavy atom. The van der Waals surface area contributed by atoms with Gasteiger partial charge in [0.2, 0.25) is 0 Å². The highest BCUT2D eigenvalue weighted by atomic mass is 79.9. The summed E-state index contributed by atoms with van der Waals surface area (Å²) in [5, 5.41) is 8.00. The molecule has 0 spiro atoms. The number of likely N-dealkylation sites (N-methyl/N-ethyl adjacent to an activating group) is 1. The lowest BCUT2D eigenvalue weighted by Gasteiger charge is -2.42. The molecule has 0 aromatic carbocycles. The summed E-state index contributed by atoms with van der Waals surface area (Å²) in [6.07, 6.45) is 4.48. The molecule has 0 amide bonds. The summed E-state index contributed by atoms with van der Waals surface area (Å²) in [6, 6.07) is 0.212. The molecule has 1 N–H and O–H groups in total. The molecular formula is C15H27BrN4O. The molecule has 2 rings (SSSR count). The first kappa shape index (κ1) is 16.9. The van der Waals surface area contributed by atoms with Crippen LogP contribution in [0.2, 0.25) is 0 Å². The molecule has 0 saturated carbocycles. The van der Waals surface area contributed by atoms with E-state index in [1.807, 2.05) is 17.9 Å². The Morgan fingerprint density at radius 1 is 1.43 bits per heavy atom. The second-order valence-electron chi connectivity index (χ2n) is 6.16. The lowest BCUT2D eigenvalue weighted by atomic mass is 9.90. The van der Waals surface area contributed by atoms with E-state index in [9.17, 15) is 0 Å². The first-order chi connectivity index (χ1) is 10.0. The monoisotopic (exact) mass is 358 g/mol. The first-order valence-corrected chi connectivity index (χ1v) is 8.44. The Bertz CT molecular complexity index is 455. The van der Waals surface area contributed by atoms with Gasteiger partial charge < -0.3 is 10.1 Å². The number of likely N-dealkylation sites (tertiary alicyclic amines) is 1. The number of hydrogen-bond acceptors (Lipinski definition) is 4. The zero-order chi connectivity index (χ0) is 15.5. The van der Waals surface area contributed by atoms with Crippen molar-refractivity contribution in [2.45, 2.75) is 44.8 Å². The standard InChI is InChI=1S/C15H27BrN4O/c1-15(2,19-7-5-6-8-19)14(17-3)13-12(16)11-18-20(13)9-10-21-4/h11,14,17H,5-10H2,1-4H3. The van der Waals surface area contributed by atoms with E-state index >= 15 is 0 Å². The van der Waals surface area contributed by atoms with Gasteiger partial charge in [-0.2, -0.15) is 5.10 Å². The van der Waals surface area contributed by atoms with Crippen LogP contribution in [-0.4, -0.2) is 54.1 Å². The van der Waals surface area contributed by atoms with Crippen LogP contribution in [0.1, 0.15) is 38.4 Å². The van der Waals surface area contributed by atoms with Crippen molar-refractivity contribution in [3.05, 3.63) is 16.4 Å². The smallest absolute Gasteiger partial charge is 0.0715 e. The van der Waals surface area contributed by atoms with Crippen molar-refractivity contribution >= 4 is 15.9 Å². The Labute approximate surface area is 136 Å². The molecule has 6 heteroatoms. The molecule has 1 atom stereocenters. The van der Waals surface area contributed by atoms with Crippen LogP contribution in [0.5, 0.6) is 0 Å². The van der Waals surface area contributed by atoms with Crippen LogP contribution in [0.25, 0.3) is 0 Å². The molecule has 120 valence electrons.